The number of rotatable bonds is 3. The third-order valence-corrected chi connectivity index (χ3v) is 3.70. The van der Waals surface area contributed by atoms with Crippen LogP contribution in [0.1, 0.15) is 0 Å². The summed E-state index contributed by atoms with van der Waals surface area (Å²) in [6.07, 6.45) is 5.07. The molecule has 0 atom stereocenters. The van der Waals surface area contributed by atoms with E-state index in [0.29, 0.717) is 10.0 Å². The Labute approximate surface area is 99.7 Å². The van der Waals surface area contributed by atoms with Crippen molar-refractivity contribution in [2.75, 3.05) is 6.26 Å². The van der Waals surface area contributed by atoms with Crippen LogP contribution < -0.4 is 0 Å². The zero-order chi connectivity index (χ0) is 11.5. The Balaban J connectivity index is 2.48. The second kappa shape index (κ2) is 4.58. The summed E-state index contributed by atoms with van der Waals surface area (Å²) in [6, 6.07) is 3.61. The topological polar surface area (TPSA) is 68.9 Å². The summed E-state index contributed by atoms with van der Waals surface area (Å²) >= 11 is 2.35. The highest BCUT2D eigenvalue weighted by Crippen LogP contribution is 2.37. The molecule has 0 aliphatic rings. The normalized spacial score (nSPS) is 10.3. The molecule has 2 heterocycles. The number of pyridine rings is 1. The van der Waals surface area contributed by atoms with Crippen LogP contribution in [0.5, 0.6) is 0 Å². The molecule has 5 nitrogen and oxygen atoms in total. The molecule has 0 bridgehead atoms. The fraction of sp³-hybridized carbons (Fsp3) is 0.111. The van der Waals surface area contributed by atoms with Crippen LogP contribution in [0, 0.1) is 10.1 Å². The Morgan fingerprint density at radius 2 is 2.38 bits per heavy atom. The summed E-state index contributed by atoms with van der Waals surface area (Å²) in [5, 5.41) is 11.9. The van der Waals surface area contributed by atoms with Crippen LogP contribution in [-0.2, 0) is 0 Å². The highest BCUT2D eigenvalue weighted by Gasteiger charge is 2.21. The molecule has 7 heteroatoms. The minimum absolute atomic E-state index is 0.0892. The van der Waals surface area contributed by atoms with E-state index in [4.69, 9.17) is 0 Å². The molecule has 0 aliphatic heterocycles. The number of nitro groups is 1. The van der Waals surface area contributed by atoms with Crippen molar-refractivity contribution >= 4 is 28.1 Å². The molecular formula is C9H7N3O2S2. The number of nitrogens with zero attached hydrogens (tertiary/aromatic N) is 3. The molecule has 0 unspecified atom stereocenters. The summed E-state index contributed by atoms with van der Waals surface area (Å²) in [5.41, 5.74) is 0.802. The smallest absolute Gasteiger partial charge is 0.264 e. The molecule has 2 aromatic heterocycles. The van der Waals surface area contributed by atoms with Crippen molar-refractivity contribution in [3.63, 3.8) is 0 Å². The van der Waals surface area contributed by atoms with E-state index in [9.17, 15) is 10.1 Å². The zero-order valence-corrected chi connectivity index (χ0v) is 9.92. The Bertz CT molecular complexity index is 513. The van der Waals surface area contributed by atoms with Crippen molar-refractivity contribution in [1.82, 2.24) is 9.97 Å². The third kappa shape index (κ3) is 2.05. The Hall–Kier alpha value is -1.47. The molecule has 0 N–H and O–H groups in total. The van der Waals surface area contributed by atoms with Crippen molar-refractivity contribution in [2.45, 2.75) is 5.03 Å². The molecule has 82 valence electrons. The SMILES string of the molecule is CSc1nc(-c2cccnc2)sc1[N+](=O)[O-]. The molecule has 16 heavy (non-hydrogen) atoms. The van der Waals surface area contributed by atoms with E-state index >= 15 is 0 Å². The van der Waals surface area contributed by atoms with E-state index in [-0.39, 0.29) is 5.00 Å². The van der Waals surface area contributed by atoms with E-state index in [0.717, 1.165) is 16.9 Å². The summed E-state index contributed by atoms with van der Waals surface area (Å²) in [6.45, 7) is 0. The second-order valence-electron chi connectivity index (χ2n) is 2.83. The monoisotopic (exact) mass is 253 g/mol. The van der Waals surface area contributed by atoms with Gasteiger partial charge in [-0.05, 0) is 29.7 Å². The van der Waals surface area contributed by atoms with E-state index in [2.05, 4.69) is 9.97 Å². The van der Waals surface area contributed by atoms with Crippen LogP contribution in [0.15, 0.2) is 29.6 Å². The number of hydrogen-bond donors (Lipinski definition) is 0. The van der Waals surface area contributed by atoms with Crippen LogP contribution in [0.3, 0.4) is 0 Å². The Morgan fingerprint density at radius 3 is 2.88 bits per heavy atom. The Kier molecular flexibility index (Phi) is 3.16. The van der Waals surface area contributed by atoms with Crippen molar-refractivity contribution in [2.24, 2.45) is 0 Å². The van der Waals surface area contributed by atoms with Gasteiger partial charge in [-0.15, -0.1) is 11.8 Å². The first-order chi connectivity index (χ1) is 7.72. The van der Waals surface area contributed by atoms with Gasteiger partial charge in [0.15, 0.2) is 5.03 Å². The summed E-state index contributed by atoms with van der Waals surface area (Å²) in [7, 11) is 0. The van der Waals surface area contributed by atoms with Gasteiger partial charge < -0.3 is 0 Å². The minimum atomic E-state index is -0.399. The van der Waals surface area contributed by atoms with Gasteiger partial charge in [0.1, 0.15) is 5.01 Å². The molecule has 0 aromatic carbocycles. The lowest BCUT2D eigenvalue weighted by molar-refractivity contribution is -0.383. The van der Waals surface area contributed by atoms with Gasteiger partial charge in [0.25, 0.3) is 0 Å². The lowest BCUT2D eigenvalue weighted by Gasteiger charge is -1.91. The lowest BCUT2D eigenvalue weighted by atomic mass is 10.3. The van der Waals surface area contributed by atoms with Crippen molar-refractivity contribution in [3.8, 4) is 10.6 Å². The predicted octanol–water partition coefficient (Wildman–Crippen LogP) is 2.84. The molecule has 0 aliphatic carbocycles. The lowest BCUT2D eigenvalue weighted by Crippen LogP contribution is -1.85. The Morgan fingerprint density at radius 1 is 1.56 bits per heavy atom. The molecular weight excluding hydrogens is 246 g/mol. The molecule has 0 fully saturated rings. The molecule has 0 radical (unpaired) electrons. The number of aromatic nitrogens is 2. The van der Waals surface area contributed by atoms with Crippen LogP contribution >= 0.6 is 23.1 Å². The average Bonchev–Trinajstić information content (AvgIpc) is 2.74. The fourth-order valence-electron chi connectivity index (χ4n) is 1.16. The van der Waals surface area contributed by atoms with Gasteiger partial charge >= 0.3 is 5.00 Å². The van der Waals surface area contributed by atoms with Gasteiger partial charge in [0, 0.05) is 18.0 Å². The highest BCUT2D eigenvalue weighted by molar-refractivity contribution is 7.98. The minimum Gasteiger partial charge on any atom is -0.264 e. The first-order valence-corrected chi connectivity index (χ1v) is 6.36. The highest BCUT2D eigenvalue weighted by atomic mass is 32.2. The van der Waals surface area contributed by atoms with Gasteiger partial charge in [-0.25, -0.2) is 4.98 Å². The van der Waals surface area contributed by atoms with Crippen molar-refractivity contribution < 1.29 is 4.92 Å². The quantitative estimate of drug-likeness (QED) is 0.478. The maximum absolute atomic E-state index is 10.8. The predicted molar refractivity (Wildman–Crippen MR) is 63.8 cm³/mol. The van der Waals surface area contributed by atoms with Gasteiger partial charge in [0.2, 0.25) is 0 Å². The van der Waals surface area contributed by atoms with Gasteiger partial charge in [-0.3, -0.25) is 15.1 Å². The molecule has 0 saturated heterocycles. The van der Waals surface area contributed by atoms with E-state index in [1.807, 2.05) is 6.07 Å². The molecule has 2 aromatic rings. The van der Waals surface area contributed by atoms with Crippen LogP contribution in [0.4, 0.5) is 5.00 Å². The first kappa shape index (κ1) is 11.0. The first-order valence-electron chi connectivity index (χ1n) is 4.32. The average molecular weight is 253 g/mol. The van der Waals surface area contributed by atoms with Crippen molar-refractivity contribution in [1.29, 1.82) is 0 Å². The summed E-state index contributed by atoms with van der Waals surface area (Å²) < 4.78 is 0. The number of hydrogen-bond acceptors (Lipinski definition) is 6. The van der Waals surface area contributed by atoms with Crippen LogP contribution in [0.25, 0.3) is 10.6 Å². The van der Waals surface area contributed by atoms with E-state index in [1.165, 1.54) is 11.8 Å². The zero-order valence-electron chi connectivity index (χ0n) is 8.28. The van der Waals surface area contributed by atoms with Crippen LogP contribution in [0.2, 0.25) is 0 Å². The number of thioether (sulfide) groups is 1. The van der Waals surface area contributed by atoms with E-state index in [1.54, 1.807) is 24.7 Å². The molecule has 0 saturated carbocycles. The van der Waals surface area contributed by atoms with Gasteiger partial charge in [-0.1, -0.05) is 0 Å². The van der Waals surface area contributed by atoms with Gasteiger partial charge in [0.05, 0.1) is 4.92 Å². The molecule has 2 rings (SSSR count). The third-order valence-electron chi connectivity index (χ3n) is 1.85. The largest absolute Gasteiger partial charge is 0.358 e. The number of thiazole rings is 1. The molecule has 0 amide bonds. The molecule has 0 spiro atoms. The maximum atomic E-state index is 10.8. The van der Waals surface area contributed by atoms with Crippen LogP contribution in [-0.4, -0.2) is 21.1 Å². The summed E-state index contributed by atoms with van der Waals surface area (Å²) in [5.74, 6) is 0. The standard InChI is InChI=1S/C9H7N3O2S2/c1-15-8-9(12(13)14)16-7(11-8)6-3-2-4-10-5-6/h2-5H,1H3. The second-order valence-corrected chi connectivity index (χ2v) is 4.60. The summed E-state index contributed by atoms with van der Waals surface area (Å²) in [4.78, 5) is 18.6. The maximum Gasteiger partial charge on any atom is 0.358 e. The fourth-order valence-corrected chi connectivity index (χ4v) is 2.79. The van der Waals surface area contributed by atoms with Crippen molar-refractivity contribution in [3.05, 3.63) is 34.6 Å². The van der Waals surface area contributed by atoms with E-state index < -0.39 is 4.92 Å². The van der Waals surface area contributed by atoms with Gasteiger partial charge in [-0.2, -0.15) is 0 Å².